The first-order valence-corrected chi connectivity index (χ1v) is 13.7. The van der Waals surface area contributed by atoms with Crippen molar-refractivity contribution in [2.24, 2.45) is 11.3 Å². The highest BCUT2D eigenvalue weighted by molar-refractivity contribution is 6.31. The first kappa shape index (κ1) is 26.7. The number of nitrogens with one attached hydrogen (secondary N) is 1. The third-order valence-electron chi connectivity index (χ3n) is 7.30. The first-order valence-electron chi connectivity index (χ1n) is 13.3. The average Bonchev–Trinajstić information content (AvgIpc) is 3.79. The average molecular weight is 539 g/mol. The van der Waals surface area contributed by atoms with Gasteiger partial charge in [-0.2, -0.15) is 4.98 Å². The van der Waals surface area contributed by atoms with Gasteiger partial charge in [0, 0.05) is 29.3 Å². The van der Waals surface area contributed by atoms with Gasteiger partial charge in [0.1, 0.15) is 6.10 Å². The molecule has 0 amide bonds. The van der Waals surface area contributed by atoms with Gasteiger partial charge in [0.25, 0.3) is 0 Å². The number of benzene rings is 2. The second kappa shape index (κ2) is 10.7. The molecule has 1 aliphatic carbocycles. The molecular weight excluding hydrogens is 504 g/mol. The first-order chi connectivity index (χ1) is 18.2. The van der Waals surface area contributed by atoms with E-state index in [0.29, 0.717) is 23.2 Å². The van der Waals surface area contributed by atoms with E-state index >= 15 is 0 Å². The van der Waals surface area contributed by atoms with Gasteiger partial charge in [-0.25, -0.2) is 14.2 Å². The molecule has 202 valence electrons. The third-order valence-corrected chi connectivity index (χ3v) is 7.65. The quantitative estimate of drug-likeness (QED) is 0.349. The predicted molar refractivity (Wildman–Crippen MR) is 148 cm³/mol. The molecule has 1 N–H and O–H groups in total. The number of halogens is 1. The van der Waals surface area contributed by atoms with Crippen molar-refractivity contribution in [3.63, 3.8) is 0 Å². The highest BCUT2D eigenvalue weighted by Gasteiger charge is 2.62. The fourth-order valence-corrected chi connectivity index (χ4v) is 5.23. The minimum absolute atomic E-state index is 0.0939. The van der Waals surface area contributed by atoms with Gasteiger partial charge in [-0.05, 0) is 62.3 Å². The molecule has 0 radical (unpaired) electrons. The van der Waals surface area contributed by atoms with Crippen molar-refractivity contribution in [3.05, 3.63) is 85.1 Å². The zero-order valence-electron chi connectivity index (χ0n) is 22.4. The van der Waals surface area contributed by atoms with Crippen LogP contribution in [-0.4, -0.2) is 33.1 Å². The summed E-state index contributed by atoms with van der Waals surface area (Å²) in [4.78, 5) is 31.4. The van der Waals surface area contributed by atoms with Crippen LogP contribution in [-0.2, 0) is 29.0 Å². The van der Waals surface area contributed by atoms with Crippen molar-refractivity contribution in [1.82, 2.24) is 14.1 Å². The standard InChI is InChI=1S/C29H35ClN4O4/c1-5-37-25-24(38-25)29(12-13-29)17-34-27(35)32-26(31-22-11-10-21(14-18(2)3)23(30)15-22)33(28(34)36)16-20-8-6-19(4)7-9-20/h6-11,15,18,24-25H,5,12-14,16-17H2,1-4H3,(H,31,32,35). The second-order valence-corrected chi connectivity index (χ2v) is 11.3. The fraction of sp³-hybridized carbons (Fsp3) is 0.483. The molecule has 5 rings (SSSR count). The molecule has 8 nitrogen and oxygen atoms in total. The summed E-state index contributed by atoms with van der Waals surface area (Å²) in [6.07, 6.45) is 2.27. The Morgan fingerprint density at radius 2 is 1.89 bits per heavy atom. The Balaban J connectivity index is 1.49. The summed E-state index contributed by atoms with van der Waals surface area (Å²) in [6.45, 7) is 9.31. The number of rotatable bonds is 11. The number of hydrogen-bond donors (Lipinski definition) is 1. The summed E-state index contributed by atoms with van der Waals surface area (Å²) >= 11 is 6.54. The van der Waals surface area contributed by atoms with Gasteiger partial charge in [0.15, 0.2) is 6.29 Å². The SMILES string of the molecule is CCOC1OC1C1(Cn2c(=O)nc(Nc3ccc(CC(C)C)c(Cl)c3)n(Cc3ccc(C)cc3)c2=O)CC1. The summed E-state index contributed by atoms with van der Waals surface area (Å²) in [5.74, 6) is 0.657. The van der Waals surface area contributed by atoms with Crippen molar-refractivity contribution in [3.8, 4) is 0 Å². The van der Waals surface area contributed by atoms with Crippen molar-refractivity contribution in [2.45, 2.75) is 72.4 Å². The van der Waals surface area contributed by atoms with Crippen LogP contribution < -0.4 is 16.7 Å². The lowest BCUT2D eigenvalue weighted by molar-refractivity contribution is 0.0592. The molecule has 2 atom stereocenters. The molecule has 2 aliphatic rings. The Bertz CT molecular complexity index is 1430. The molecule has 1 saturated carbocycles. The smallest absolute Gasteiger partial charge is 0.350 e. The Kier molecular flexibility index (Phi) is 7.49. The maximum Gasteiger partial charge on any atom is 0.354 e. The Morgan fingerprint density at radius 1 is 1.16 bits per heavy atom. The number of nitrogens with zero attached hydrogens (tertiary/aromatic N) is 3. The van der Waals surface area contributed by atoms with E-state index < -0.39 is 11.4 Å². The van der Waals surface area contributed by atoms with Crippen molar-refractivity contribution in [2.75, 3.05) is 11.9 Å². The summed E-state index contributed by atoms with van der Waals surface area (Å²) in [6, 6.07) is 13.6. The van der Waals surface area contributed by atoms with Gasteiger partial charge in [0.05, 0.1) is 6.54 Å². The summed E-state index contributed by atoms with van der Waals surface area (Å²) < 4.78 is 14.1. The van der Waals surface area contributed by atoms with Crippen molar-refractivity contribution < 1.29 is 9.47 Å². The predicted octanol–water partition coefficient (Wildman–Crippen LogP) is 4.90. The van der Waals surface area contributed by atoms with Crippen LogP contribution in [0.3, 0.4) is 0 Å². The van der Waals surface area contributed by atoms with Gasteiger partial charge in [-0.3, -0.25) is 4.57 Å². The van der Waals surface area contributed by atoms with Crippen LogP contribution in [0.4, 0.5) is 11.6 Å². The number of hydrogen-bond acceptors (Lipinski definition) is 6. The van der Waals surface area contributed by atoms with E-state index in [4.69, 9.17) is 21.1 Å². The molecule has 1 aliphatic heterocycles. The van der Waals surface area contributed by atoms with Gasteiger partial charge in [-0.1, -0.05) is 61.3 Å². The Hall–Kier alpha value is -2.94. The molecule has 2 fully saturated rings. The summed E-state index contributed by atoms with van der Waals surface area (Å²) in [5.41, 5.74) is 2.52. The van der Waals surface area contributed by atoms with Crippen LogP contribution in [0.1, 0.15) is 50.3 Å². The lowest BCUT2D eigenvalue weighted by Crippen LogP contribution is -2.45. The van der Waals surface area contributed by atoms with E-state index in [2.05, 4.69) is 24.1 Å². The fourth-order valence-electron chi connectivity index (χ4n) is 4.97. The molecular formula is C29H35ClN4O4. The van der Waals surface area contributed by atoms with Gasteiger partial charge in [0.2, 0.25) is 5.95 Å². The lowest BCUT2D eigenvalue weighted by Gasteiger charge is -2.19. The molecule has 3 aromatic rings. The van der Waals surface area contributed by atoms with Crippen molar-refractivity contribution in [1.29, 1.82) is 0 Å². The van der Waals surface area contributed by atoms with Crippen molar-refractivity contribution >= 4 is 23.2 Å². The minimum Gasteiger partial charge on any atom is -0.350 e. The van der Waals surface area contributed by atoms with E-state index in [1.165, 1.54) is 9.13 Å². The topological polar surface area (TPSA) is 90.7 Å². The van der Waals surface area contributed by atoms with Crippen LogP contribution in [0.15, 0.2) is 52.1 Å². The van der Waals surface area contributed by atoms with E-state index in [9.17, 15) is 9.59 Å². The molecule has 0 spiro atoms. The van der Waals surface area contributed by atoms with E-state index in [0.717, 1.165) is 36.0 Å². The van der Waals surface area contributed by atoms with Crippen LogP contribution in [0, 0.1) is 18.3 Å². The zero-order valence-corrected chi connectivity index (χ0v) is 23.1. The number of epoxide rings is 1. The number of aryl methyl sites for hydroxylation is 1. The molecule has 1 aromatic heterocycles. The van der Waals surface area contributed by atoms with Gasteiger partial charge in [-0.15, -0.1) is 0 Å². The van der Waals surface area contributed by atoms with E-state index in [1.54, 1.807) is 0 Å². The minimum atomic E-state index is -0.583. The number of anilines is 2. The number of aromatic nitrogens is 3. The van der Waals surface area contributed by atoms with Crippen LogP contribution in [0.25, 0.3) is 0 Å². The lowest BCUT2D eigenvalue weighted by atomic mass is 10.0. The molecule has 2 heterocycles. The highest BCUT2D eigenvalue weighted by Crippen LogP contribution is 2.57. The zero-order chi connectivity index (χ0) is 27.0. The van der Waals surface area contributed by atoms with Crippen LogP contribution in [0.2, 0.25) is 5.02 Å². The van der Waals surface area contributed by atoms with E-state index in [-0.39, 0.29) is 36.8 Å². The number of ether oxygens (including phenoxy) is 2. The van der Waals surface area contributed by atoms with Crippen LogP contribution >= 0.6 is 11.6 Å². The maximum atomic E-state index is 13.8. The maximum absolute atomic E-state index is 13.8. The monoisotopic (exact) mass is 538 g/mol. The van der Waals surface area contributed by atoms with E-state index in [1.807, 2.05) is 56.3 Å². The Labute approximate surface area is 227 Å². The molecule has 1 saturated heterocycles. The summed E-state index contributed by atoms with van der Waals surface area (Å²) in [7, 11) is 0. The molecule has 2 unspecified atom stereocenters. The molecule has 38 heavy (non-hydrogen) atoms. The Morgan fingerprint density at radius 3 is 2.53 bits per heavy atom. The molecule has 9 heteroatoms. The highest BCUT2D eigenvalue weighted by atomic mass is 35.5. The summed E-state index contributed by atoms with van der Waals surface area (Å²) in [5, 5.41) is 3.81. The van der Waals surface area contributed by atoms with Crippen LogP contribution in [0.5, 0.6) is 0 Å². The largest absolute Gasteiger partial charge is 0.354 e. The third kappa shape index (κ3) is 5.72. The second-order valence-electron chi connectivity index (χ2n) is 10.9. The normalized spacial score (nSPS) is 19.5. The molecule has 0 bridgehead atoms. The van der Waals surface area contributed by atoms with Gasteiger partial charge >= 0.3 is 11.4 Å². The van der Waals surface area contributed by atoms with Gasteiger partial charge < -0.3 is 14.8 Å². The molecule has 2 aromatic carbocycles.